The summed E-state index contributed by atoms with van der Waals surface area (Å²) in [5.41, 5.74) is 1.61. The summed E-state index contributed by atoms with van der Waals surface area (Å²) >= 11 is 0. The topological polar surface area (TPSA) is 101 Å². The minimum Gasteiger partial charge on any atom is -0.507 e. The van der Waals surface area contributed by atoms with Gasteiger partial charge in [0.05, 0.1) is 18.4 Å². The van der Waals surface area contributed by atoms with Gasteiger partial charge in [-0.05, 0) is 66.1 Å². The molecule has 2 aromatic heterocycles. The lowest BCUT2D eigenvalue weighted by molar-refractivity contribution is -0.142. The Morgan fingerprint density at radius 1 is 0.854 bits per heavy atom. The Morgan fingerprint density at radius 2 is 1.54 bits per heavy atom. The highest BCUT2D eigenvalue weighted by atomic mass is 19.1. The van der Waals surface area contributed by atoms with Gasteiger partial charge in [0.2, 0.25) is 5.78 Å². The molecule has 0 saturated carbocycles. The maximum absolute atomic E-state index is 14.5. The fourth-order valence-corrected chi connectivity index (χ4v) is 5.69. The van der Waals surface area contributed by atoms with E-state index in [0.29, 0.717) is 24.7 Å². The van der Waals surface area contributed by atoms with Gasteiger partial charge in [0, 0.05) is 73.9 Å². The highest BCUT2D eigenvalue weighted by molar-refractivity contribution is 6.41. The third-order valence-corrected chi connectivity index (χ3v) is 8.11. The van der Waals surface area contributed by atoms with Gasteiger partial charge in [-0.15, -0.1) is 0 Å². The SMILES string of the molecule is O=C(/C=C(/O)c1cc(Cc2cc(F)cc(F)c2)cn(Cc2ccccc2F)c1=O)C(=O)N1CCN(c2ccc(-n3ccnc3)cc2)CC1. The van der Waals surface area contributed by atoms with Gasteiger partial charge in [0.25, 0.3) is 11.5 Å². The van der Waals surface area contributed by atoms with E-state index in [1.807, 2.05) is 35.0 Å². The number of amides is 1. The molecule has 1 saturated heterocycles. The zero-order valence-electron chi connectivity index (χ0n) is 25.6. The molecule has 0 unspecified atom stereocenters. The Labute approximate surface area is 273 Å². The number of anilines is 1. The number of halogens is 3. The highest BCUT2D eigenvalue weighted by Crippen LogP contribution is 2.21. The Bertz CT molecular complexity index is 2030. The van der Waals surface area contributed by atoms with E-state index in [-0.39, 0.29) is 42.7 Å². The molecule has 0 radical (unpaired) electrons. The average molecular weight is 654 g/mol. The van der Waals surface area contributed by atoms with Crippen molar-refractivity contribution in [2.75, 3.05) is 31.1 Å². The van der Waals surface area contributed by atoms with Crippen LogP contribution in [0.5, 0.6) is 0 Å². The number of piperazine rings is 1. The lowest BCUT2D eigenvalue weighted by Gasteiger charge is -2.35. The van der Waals surface area contributed by atoms with Crippen LogP contribution >= 0.6 is 0 Å². The predicted molar refractivity (Wildman–Crippen MR) is 173 cm³/mol. The van der Waals surface area contributed by atoms with Gasteiger partial charge < -0.3 is 24.0 Å². The first kappa shape index (κ1) is 32.0. The first-order valence-electron chi connectivity index (χ1n) is 15.1. The van der Waals surface area contributed by atoms with Crippen LogP contribution in [-0.4, -0.2) is 62.0 Å². The standard InChI is InChI=1S/C36H30F3N5O4/c37-27-16-24(17-28(38)19-27)15-25-18-31(35(47)44(21-25)22-26-3-1-2-4-32(26)39)33(45)20-34(46)36(48)42-13-11-41(12-14-42)29-5-7-30(8-6-29)43-10-9-40-23-43/h1-10,16-21,23,45H,11-15,22H2/b33-20+. The van der Waals surface area contributed by atoms with E-state index in [2.05, 4.69) is 9.88 Å². The molecule has 1 N–H and O–H groups in total. The number of nitrogens with zero attached hydrogens (tertiary/aromatic N) is 5. The quantitative estimate of drug-likeness (QED) is 0.138. The number of pyridine rings is 1. The van der Waals surface area contributed by atoms with Gasteiger partial charge in [-0.25, -0.2) is 18.2 Å². The van der Waals surface area contributed by atoms with E-state index in [9.17, 15) is 32.7 Å². The third-order valence-electron chi connectivity index (χ3n) is 8.11. The summed E-state index contributed by atoms with van der Waals surface area (Å²) < 4.78 is 45.3. The molecule has 48 heavy (non-hydrogen) atoms. The van der Waals surface area contributed by atoms with Crippen LogP contribution in [0.4, 0.5) is 18.9 Å². The zero-order valence-corrected chi connectivity index (χ0v) is 25.6. The largest absolute Gasteiger partial charge is 0.507 e. The molecule has 0 atom stereocenters. The fourth-order valence-electron chi connectivity index (χ4n) is 5.69. The van der Waals surface area contributed by atoms with Gasteiger partial charge in [-0.2, -0.15) is 0 Å². The minimum absolute atomic E-state index is 0.0457. The molecule has 1 aliphatic heterocycles. The lowest BCUT2D eigenvalue weighted by Crippen LogP contribution is -2.50. The van der Waals surface area contributed by atoms with Crippen molar-refractivity contribution in [3.63, 3.8) is 0 Å². The molecule has 9 nitrogen and oxygen atoms in total. The number of rotatable bonds is 9. The van der Waals surface area contributed by atoms with Crippen molar-refractivity contribution in [2.45, 2.75) is 13.0 Å². The third kappa shape index (κ3) is 7.22. The molecule has 0 spiro atoms. The van der Waals surface area contributed by atoms with Crippen LogP contribution < -0.4 is 10.5 Å². The summed E-state index contributed by atoms with van der Waals surface area (Å²) in [6.07, 6.45) is 7.29. The van der Waals surface area contributed by atoms with Crippen molar-refractivity contribution in [1.82, 2.24) is 19.0 Å². The zero-order chi connectivity index (χ0) is 33.8. The molecule has 3 heterocycles. The van der Waals surface area contributed by atoms with E-state index in [0.717, 1.165) is 34.1 Å². The molecule has 5 aromatic rings. The molecule has 3 aromatic carbocycles. The van der Waals surface area contributed by atoms with Crippen LogP contribution in [0.1, 0.15) is 22.3 Å². The van der Waals surface area contributed by atoms with Crippen LogP contribution in [0.15, 0.2) is 109 Å². The summed E-state index contributed by atoms with van der Waals surface area (Å²) in [4.78, 5) is 47.1. The summed E-state index contributed by atoms with van der Waals surface area (Å²) in [6.45, 7) is 1.25. The lowest BCUT2D eigenvalue weighted by atomic mass is 10.0. The first-order valence-corrected chi connectivity index (χ1v) is 15.1. The maximum atomic E-state index is 14.5. The number of aliphatic hydroxyl groups is 1. The average Bonchev–Trinajstić information content (AvgIpc) is 3.62. The molecular weight excluding hydrogens is 623 g/mol. The van der Waals surface area contributed by atoms with Crippen molar-refractivity contribution < 1.29 is 27.9 Å². The second-order valence-corrected chi connectivity index (χ2v) is 11.4. The highest BCUT2D eigenvalue weighted by Gasteiger charge is 2.26. The van der Waals surface area contributed by atoms with Crippen molar-refractivity contribution in [3.05, 3.63) is 154 Å². The number of imidazole rings is 1. The van der Waals surface area contributed by atoms with E-state index >= 15 is 0 Å². The Hall–Kier alpha value is -5.91. The van der Waals surface area contributed by atoms with Crippen molar-refractivity contribution in [3.8, 4) is 5.69 Å². The summed E-state index contributed by atoms with van der Waals surface area (Å²) in [5, 5.41) is 11.0. The Morgan fingerprint density at radius 3 is 2.21 bits per heavy atom. The number of benzene rings is 3. The van der Waals surface area contributed by atoms with Gasteiger partial charge in [-0.3, -0.25) is 14.4 Å². The van der Waals surface area contributed by atoms with Gasteiger partial charge >= 0.3 is 0 Å². The van der Waals surface area contributed by atoms with Crippen LogP contribution in [-0.2, 0) is 22.6 Å². The summed E-state index contributed by atoms with van der Waals surface area (Å²) in [6, 6.07) is 18.0. The maximum Gasteiger partial charge on any atom is 0.294 e. The van der Waals surface area contributed by atoms with Gasteiger partial charge in [0.1, 0.15) is 23.2 Å². The Kier molecular flexibility index (Phi) is 9.24. The molecular formula is C36H30F3N5O4. The fraction of sp³-hybridized carbons (Fsp3) is 0.167. The van der Waals surface area contributed by atoms with Gasteiger partial charge in [-0.1, -0.05) is 18.2 Å². The second-order valence-electron chi connectivity index (χ2n) is 11.4. The number of aliphatic hydroxyl groups excluding tert-OH is 1. The van der Waals surface area contributed by atoms with Crippen LogP contribution in [0, 0.1) is 17.5 Å². The molecule has 6 rings (SSSR count). The number of hydrogen-bond donors (Lipinski definition) is 1. The van der Waals surface area contributed by atoms with Crippen LogP contribution in [0.3, 0.4) is 0 Å². The normalized spacial score (nSPS) is 13.5. The van der Waals surface area contributed by atoms with Crippen molar-refractivity contribution >= 4 is 23.1 Å². The van der Waals surface area contributed by atoms with Gasteiger partial charge in [0.15, 0.2) is 0 Å². The van der Waals surface area contributed by atoms with E-state index < -0.39 is 40.5 Å². The van der Waals surface area contributed by atoms with Crippen molar-refractivity contribution in [1.29, 1.82) is 0 Å². The first-order chi connectivity index (χ1) is 23.1. The number of hydrogen-bond acceptors (Lipinski definition) is 6. The summed E-state index contributed by atoms with van der Waals surface area (Å²) in [5.74, 6) is -4.76. The molecule has 1 fully saturated rings. The van der Waals surface area contributed by atoms with Crippen molar-refractivity contribution in [2.24, 2.45) is 0 Å². The van der Waals surface area contributed by atoms with E-state index in [1.165, 1.54) is 35.4 Å². The Balaban J connectivity index is 1.19. The van der Waals surface area contributed by atoms with Crippen LogP contribution in [0.2, 0.25) is 0 Å². The molecule has 0 bridgehead atoms. The smallest absolute Gasteiger partial charge is 0.294 e. The molecule has 1 aliphatic rings. The predicted octanol–water partition coefficient (Wildman–Crippen LogP) is 4.91. The van der Waals surface area contributed by atoms with E-state index in [1.54, 1.807) is 18.6 Å². The molecule has 12 heteroatoms. The number of aromatic nitrogens is 3. The number of carbonyl (C=O) groups is 2. The van der Waals surface area contributed by atoms with Crippen LogP contribution in [0.25, 0.3) is 11.4 Å². The molecule has 244 valence electrons. The number of ketones is 1. The summed E-state index contributed by atoms with van der Waals surface area (Å²) in [7, 11) is 0. The second kappa shape index (κ2) is 13.8. The minimum atomic E-state index is -1.02. The monoisotopic (exact) mass is 653 g/mol. The number of carbonyl (C=O) groups excluding carboxylic acids is 2. The van der Waals surface area contributed by atoms with E-state index in [4.69, 9.17) is 0 Å². The molecule has 0 aliphatic carbocycles. The molecule has 1 amide bonds.